The number of thiocarbonyl (C=S) groups is 1. The number of anilines is 1. The largest absolute Gasteiger partial charge is 0.490 e. The lowest BCUT2D eigenvalue weighted by Crippen LogP contribution is -2.34. The Morgan fingerprint density at radius 2 is 1.74 bits per heavy atom. The van der Waals surface area contributed by atoms with Crippen LogP contribution in [0.1, 0.15) is 38.3 Å². The summed E-state index contributed by atoms with van der Waals surface area (Å²) in [6, 6.07) is 14.3. The lowest BCUT2D eigenvalue weighted by atomic mass is 10.2. The van der Waals surface area contributed by atoms with E-state index < -0.39 is 0 Å². The first-order valence-corrected chi connectivity index (χ1v) is 9.99. The summed E-state index contributed by atoms with van der Waals surface area (Å²) >= 11 is 5.68. The summed E-state index contributed by atoms with van der Waals surface area (Å²) in [4.78, 5) is 2.18. The van der Waals surface area contributed by atoms with Crippen molar-refractivity contribution in [1.82, 2.24) is 4.90 Å². The number of hydrogen-bond donors (Lipinski definition) is 1. The third-order valence-corrected chi connectivity index (χ3v) is 4.39. The molecule has 0 unspecified atom stereocenters. The summed E-state index contributed by atoms with van der Waals surface area (Å²) in [6.07, 6.45) is 1.02. The molecule has 0 aromatic heterocycles. The monoisotopic (exact) mass is 386 g/mol. The molecule has 0 saturated carbocycles. The van der Waals surface area contributed by atoms with Gasteiger partial charge in [0.05, 0.1) is 13.2 Å². The maximum atomic E-state index is 5.75. The van der Waals surface area contributed by atoms with Gasteiger partial charge in [-0.25, -0.2) is 0 Å². The second kappa shape index (κ2) is 10.8. The molecule has 0 bridgehead atoms. The van der Waals surface area contributed by atoms with Crippen LogP contribution in [-0.4, -0.2) is 29.8 Å². The number of hydrogen-bond acceptors (Lipinski definition) is 3. The quantitative estimate of drug-likeness (QED) is 0.584. The van der Waals surface area contributed by atoms with Crippen LogP contribution in [0.15, 0.2) is 42.5 Å². The number of benzene rings is 2. The summed E-state index contributed by atoms with van der Waals surface area (Å²) < 4.78 is 11.4. The number of nitrogens with one attached hydrogen (secondary N) is 1. The molecule has 0 aliphatic carbocycles. The lowest BCUT2D eigenvalue weighted by molar-refractivity contribution is 0.287. The van der Waals surface area contributed by atoms with Crippen molar-refractivity contribution >= 4 is 23.0 Å². The minimum atomic E-state index is 0.607. The molecule has 0 saturated heterocycles. The van der Waals surface area contributed by atoms with Crippen molar-refractivity contribution in [1.29, 1.82) is 0 Å². The fraction of sp³-hybridized carbons (Fsp3) is 0.409. The zero-order valence-electron chi connectivity index (χ0n) is 16.7. The molecule has 2 rings (SSSR count). The van der Waals surface area contributed by atoms with Crippen molar-refractivity contribution in [3.05, 3.63) is 53.6 Å². The molecule has 4 nitrogen and oxygen atoms in total. The van der Waals surface area contributed by atoms with E-state index in [9.17, 15) is 0 Å². The number of nitrogens with zero attached hydrogens (tertiary/aromatic N) is 1. The van der Waals surface area contributed by atoms with Gasteiger partial charge in [0, 0.05) is 18.8 Å². The smallest absolute Gasteiger partial charge is 0.173 e. The van der Waals surface area contributed by atoms with Crippen molar-refractivity contribution in [2.75, 3.05) is 25.1 Å². The second-order valence-electron chi connectivity index (χ2n) is 6.37. The first-order chi connectivity index (χ1) is 13.1. The van der Waals surface area contributed by atoms with Gasteiger partial charge >= 0.3 is 0 Å². The van der Waals surface area contributed by atoms with Crippen LogP contribution in [0.4, 0.5) is 5.69 Å². The predicted molar refractivity (Wildman–Crippen MR) is 117 cm³/mol. The SMILES string of the molecule is CCCN(Cc1ccc(OCC)c(OCC)c1)C(=S)Nc1cccc(C)c1. The molecule has 0 spiro atoms. The molecule has 1 N–H and O–H groups in total. The normalized spacial score (nSPS) is 10.4. The van der Waals surface area contributed by atoms with Crippen LogP contribution in [-0.2, 0) is 6.54 Å². The zero-order chi connectivity index (χ0) is 19.6. The van der Waals surface area contributed by atoms with E-state index in [1.807, 2.05) is 38.1 Å². The van der Waals surface area contributed by atoms with Crippen LogP contribution >= 0.6 is 12.2 Å². The third-order valence-electron chi connectivity index (χ3n) is 4.03. The average Bonchev–Trinajstić information content (AvgIpc) is 2.64. The highest BCUT2D eigenvalue weighted by Crippen LogP contribution is 2.29. The third kappa shape index (κ3) is 6.43. The Bertz CT molecular complexity index is 749. The van der Waals surface area contributed by atoms with Crippen LogP contribution in [0.3, 0.4) is 0 Å². The molecule has 2 aromatic rings. The topological polar surface area (TPSA) is 33.7 Å². The summed E-state index contributed by atoms with van der Waals surface area (Å²) in [5.74, 6) is 1.57. The molecule has 27 heavy (non-hydrogen) atoms. The highest BCUT2D eigenvalue weighted by molar-refractivity contribution is 7.80. The van der Waals surface area contributed by atoms with Crippen LogP contribution in [0, 0.1) is 6.92 Å². The van der Waals surface area contributed by atoms with Gasteiger partial charge in [0.15, 0.2) is 16.6 Å². The molecule has 146 valence electrons. The Labute approximate surface area is 168 Å². The molecule has 0 atom stereocenters. The van der Waals surface area contributed by atoms with Gasteiger partial charge in [0.1, 0.15) is 0 Å². The van der Waals surface area contributed by atoms with Crippen LogP contribution in [0.2, 0.25) is 0 Å². The Kier molecular flexibility index (Phi) is 8.40. The highest BCUT2D eigenvalue weighted by atomic mass is 32.1. The summed E-state index contributed by atoms with van der Waals surface area (Å²) in [5, 5.41) is 4.09. The van der Waals surface area contributed by atoms with Crippen molar-refractivity contribution in [3.63, 3.8) is 0 Å². The van der Waals surface area contributed by atoms with E-state index >= 15 is 0 Å². The molecule has 0 heterocycles. The van der Waals surface area contributed by atoms with E-state index in [1.54, 1.807) is 0 Å². The summed E-state index contributed by atoms with van der Waals surface area (Å²) in [6.45, 7) is 11.0. The molecular formula is C22H30N2O2S. The molecule has 2 aromatic carbocycles. The van der Waals surface area contributed by atoms with Gasteiger partial charge in [-0.2, -0.15) is 0 Å². The average molecular weight is 387 g/mol. The molecule has 0 radical (unpaired) electrons. The highest BCUT2D eigenvalue weighted by Gasteiger charge is 2.13. The number of ether oxygens (including phenoxy) is 2. The van der Waals surface area contributed by atoms with Crippen LogP contribution < -0.4 is 14.8 Å². The predicted octanol–water partition coefficient (Wildman–Crippen LogP) is 5.40. The van der Waals surface area contributed by atoms with Crippen molar-refractivity contribution in [2.45, 2.75) is 40.7 Å². The van der Waals surface area contributed by atoms with E-state index in [-0.39, 0.29) is 0 Å². The molecule has 0 aliphatic rings. The van der Waals surface area contributed by atoms with Crippen LogP contribution in [0.5, 0.6) is 11.5 Å². The Morgan fingerprint density at radius 1 is 1.00 bits per heavy atom. The van der Waals surface area contributed by atoms with Crippen molar-refractivity contribution < 1.29 is 9.47 Å². The number of rotatable bonds is 9. The first-order valence-electron chi connectivity index (χ1n) is 9.58. The van der Waals surface area contributed by atoms with Gasteiger partial charge in [-0.15, -0.1) is 0 Å². The van der Waals surface area contributed by atoms with Gasteiger partial charge in [0.25, 0.3) is 0 Å². The maximum Gasteiger partial charge on any atom is 0.173 e. The molecule has 0 fully saturated rings. The summed E-state index contributed by atoms with van der Waals surface area (Å²) in [5.41, 5.74) is 3.37. The van der Waals surface area contributed by atoms with E-state index in [0.29, 0.717) is 13.2 Å². The fourth-order valence-electron chi connectivity index (χ4n) is 2.86. The molecule has 5 heteroatoms. The van der Waals surface area contributed by atoms with Crippen LogP contribution in [0.25, 0.3) is 0 Å². The van der Waals surface area contributed by atoms with E-state index in [4.69, 9.17) is 21.7 Å². The van der Waals surface area contributed by atoms with Gasteiger partial charge < -0.3 is 19.7 Å². The van der Waals surface area contributed by atoms with Gasteiger partial charge in [-0.05, 0) is 74.8 Å². The van der Waals surface area contributed by atoms with E-state index in [2.05, 4.69) is 42.3 Å². The second-order valence-corrected chi connectivity index (χ2v) is 6.75. The van der Waals surface area contributed by atoms with Gasteiger partial charge in [-0.3, -0.25) is 0 Å². The Balaban J connectivity index is 2.14. The molecular weight excluding hydrogens is 356 g/mol. The standard InChI is InChI=1S/C22H30N2O2S/c1-5-13-24(22(27)23-19-10-8-9-17(4)14-19)16-18-11-12-20(25-6-2)21(15-18)26-7-3/h8-12,14-15H,5-7,13,16H2,1-4H3,(H,23,27). The fourth-order valence-corrected chi connectivity index (χ4v) is 3.14. The Hall–Kier alpha value is -2.27. The molecule has 0 aliphatic heterocycles. The number of aryl methyl sites for hydroxylation is 1. The summed E-state index contributed by atoms with van der Waals surface area (Å²) in [7, 11) is 0. The first kappa shape index (κ1) is 21.0. The lowest BCUT2D eigenvalue weighted by Gasteiger charge is -2.26. The molecule has 0 amide bonds. The minimum Gasteiger partial charge on any atom is -0.490 e. The van der Waals surface area contributed by atoms with Gasteiger partial charge in [0.2, 0.25) is 0 Å². The zero-order valence-corrected chi connectivity index (χ0v) is 17.6. The van der Waals surface area contributed by atoms with Crippen molar-refractivity contribution in [2.24, 2.45) is 0 Å². The minimum absolute atomic E-state index is 0.607. The van der Waals surface area contributed by atoms with Crippen molar-refractivity contribution in [3.8, 4) is 11.5 Å². The van der Waals surface area contributed by atoms with Gasteiger partial charge in [-0.1, -0.05) is 25.1 Å². The maximum absolute atomic E-state index is 5.75. The van der Waals surface area contributed by atoms with E-state index in [1.165, 1.54) is 5.56 Å². The van der Waals surface area contributed by atoms with E-state index in [0.717, 1.165) is 47.4 Å². The Morgan fingerprint density at radius 3 is 2.41 bits per heavy atom.